The molecule has 0 saturated carbocycles. The van der Waals surface area contributed by atoms with Crippen LogP contribution in [0.2, 0.25) is 0 Å². The average molecular weight is 261 g/mol. The number of rotatable bonds is 3. The summed E-state index contributed by atoms with van der Waals surface area (Å²) in [5.41, 5.74) is 9.45. The van der Waals surface area contributed by atoms with E-state index in [4.69, 9.17) is 10.6 Å². The smallest absolute Gasteiger partial charge is 0.336 e. The maximum atomic E-state index is 11.2. The van der Waals surface area contributed by atoms with Crippen molar-refractivity contribution in [3.63, 3.8) is 0 Å². The summed E-state index contributed by atoms with van der Waals surface area (Å²) in [5.74, 6) is -1.08. The van der Waals surface area contributed by atoms with Crippen molar-refractivity contribution in [2.45, 2.75) is 0 Å². The molecule has 0 atom stereocenters. The first-order valence-electron chi connectivity index (χ1n) is 5.98. The lowest BCUT2D eigenvalue weighted by Crippen LogP contribution is -2.44. The van der Waals surface area contributed by atoms with Crippen LogP contribution in [-0.4, -0.2) is 49.2 Å². The molecule has 0 amide bonds. The van der Waals surface area contributed by atoms with Crippen molar-refractivity contribution in [2.24, 2.45) is 5.11 Å². The predicted octanol–water partition coefficient (Wildman–Crippen LogP) is 2.08. The number of likely N-dealkylation sites (N-methyl/N-ethyl adjacent to an activating group) is 1. The van der Waals surface area contributed by atoms with Crippen LogP contribution < -0.4 is 4.90 Å². The predicted molar refractivity (Wildman–Crippen MR) is 71.9 cm³/mol. The number of carboxylic acid groups (broad SMARTS) is 1. The Kier molecular flexibility index (Phi) is 3.89. The van der Waals surface area contributed by atoms with Gasteiger partial charge in [0.15, 0.2) is 0 Å². The molecule has 1 aromatic carbocycles. The van der Waals surface area contributed by atoms with Crippen molar-refractivity contribution in [2.75, 3.05) is 38.1 Å². The van der Waals surface area contributed by atoms with Crippen molar-refractivity contribution < 1.29 is 9.90 Å². The zero-order valence-corrected chi connectivity index (χ0v) is 10.7. The van der Waals surface area contributed by atoms with Gasteiger partial charge in [0.2, 0.25) is 0 Å². The van der Waals surface area contributed by atoms with E-state index < -0.39 is 5.97 Å². The standard InChI is InChI=1S/C12H15N5O2/c1-16-4-6-17(7-5-16)9-2-3-11(14-15-13)10(8-9)12(18)19/h2-3,8H,4-7H2,1H3,(H,18,19). The van der Waals surface area contributed by atoms with Gasteiger partial charge in [-0.3, -0.25) is 0 Å². The lowest BCUT2D eigenvalue weighted by Gasteiger charge is -2.34. The molecule has 1 N–H and O–H groups in total. The minimum Gasteiger partial charge on any atom is -0.478 e. The van der Waals surface area contributed by atoms with Crippen LogP contribution in [0.1, 0.15) is 10.4 Å². The molecule has 1 aliphatic rings. The van der Waals surface area contributed by atoms with Gasteiger partial charge < -0.3 is 14.9 Å². The maximum Gasteiger partial charge on any atom is 0.336 e. The summed E-state index contributed by atoms with van der Waals surface area (Å²) in [5, 5.41) is 12.5. The van der Waals surface area contributed by atoms with Crippen LogP contribution in [-0.2, 0) is 0 Å². The first-order chi connectivity index (χ1) is 9.11. The van der Waals surface area contributed by atoms with E-state index in [0.29, 0.717) is 0 Å². The minimum absolute atomic E-state index is 0.0363. The van der Waals surface area contributed by atoms with Crippen LogP contribution in [0.25, 0.3) is 10.4 Å². The van der Waals surface area contributed by atoms with Gasteiger partial charge in [-0.1, -0.05) is 5.11 Å². The van der Waals surface area contributed by atoms with Gasteiger partial charge >= 0.3 is 5.97 Å². The molecule has 7 nitrogen and oxygen atoms in total. The Bertz CT molecular complexity index is 531. The number of azide groups is 1. The van der Waals surface area contributed by atoms with Crippen LogP contribution in [0.15, 0.2) is 23.3 Å². The van der Waals surface area contributed by atoms with E-state index in [1.807, 2.05) is 0 Å². The van der Waals surface area contributed by atoms with E-state index in [-0.39, 0.29) is 11.3 Å². The number of piperazine rings is 1. The lowest BCUT2D eigenvalue weighted by atomic mass is 10.1. The molecule has 100 valence electrons. The Balaban J connectivity index is 2.30. The monoisotopic (exact) mass is 261 g/mol. The Labute approximate surface area is 110 Å². The third-order valence-electron chi connectivity index (χ3n) is 3.23. The molecule has 7 heteroatoms. The van der Waals surface area contributed by atoms with E-state index in [0.717, 1.165) is 31.9 Å². The molecule has 1 heterocycles. The molecule has 0 aliphatic carbocycles. The van der Waals surface area contributed by atoms with E-state index >= 15 is 0 Å². The number of nitrogens with zero attached hydrogens (tertiary/aromatic N) is 5. The van der Waals surface area contributed by atoms with Crippen LogP contribution in [0.5, 0.6) is 0 Å². The lowest BCUT2D eigenvalue weighted by molar-refractivity contribution is 0.0698. The fraction of sp³-hybridized carbons (Fsp3) is 0.417. The Morgan fingerprint density at radius 3 is 2.63 bits per heavy atom. The normalized spacial score (nSPS) is 15.9. The fourth-order valence-electron chi connectivity index (χ4n) is 2.09. The molecule has 19 heavy (non-hydrogen) atoms. The summed E-state index contributed by atoms with van der Waals surface area (Å²) < 4.78 is 0. The van der Waals surface area contributed by atoms with Crippen molar-refractivity contribution in [3.8, 4) is 0 Å². The second kappa shape index (κ2) is 5.60. The van der Waals surface area contributed by atoms with Crippen molar-refractivity contribution in [3.05, 3.63) is 34.2 Å². The van der Waals surface area contributed by atoms with Crippen molar-refractivity contribution >= 4 is 17.3 Å². The molecule has 1 fully saturated rings. The van der Waals surface area contributed by atoms with Gasteiger partial charge in [-0.25, -0.2) is 4.79 Å². The maximum absolute atomic E-state index is 11.2. The number of benzene rings is 1. The van der Waals surface area contributed by atoms with Gasteiger partial charge in [-0.15, -0.1) is 0 Å². The first kappa shape index (κ1) is 13.2. The van der Waals surface area contributed by atoms with Gasteiger partial charge in [0.1, 0.15) is 0 Å². The number of anilines is 1. The highest BCUT2D eigenvalue weighted by Crippen LogP contribution is 2.26. The van der Waals surface area contributed by atoms with Gasteiger partial charge in [0.05, 0.1) is 11.3 Å². The summed E-state index contributed by atoms with van der Waals surface area (Å²) in [4.78, 5) is 18.2. The molecule has 1 saturated heterocycles. The summed E-state index contributed by atoms with van der Waals surface area (Å²) in [6.07, 6.45) is 0. The van der Waals surface area contributed by atoms with Gasteiger partial charge in [-0.2, -0.15) is 0 Å². The SMILES string of the molecule is CN1CCN(c2ccc(N=[N+]=[N-])c(C(=O)O)c2)CC1. The molecular weight excluding hydrogens is 246 g/mol. The van der Waals surface area contributed by atoms with Crippen LogP contribution >= 0.6 is 0 Å². The van der Waals surface area contributed by atoms with Crippen molar-refractivity contribution in [1.29, 1.82) is 0 Å². The largest absolute Gasteiger partial charge is 0.478 e. The highest BCUT2D eigenvalue weighted by atomic mass is 16.4. The number of carboxylic acids is 1. The molecule has 0 aromatic heterocycles. The molecular formula is C12H15N5O2. The molecule has 1 aliphatic heterocycles. The summed E-state index contributed by atoms with van der Waals surface area (Å²) in [6, 6.07) is 4.91. The highest BCUT2D eigenvalue weighted by Gasteiger charge is 2.17. The van der Waals surface area contributed by atoms with E-state index in [9.17, 15) is 4.79 Å². The summed E-state index contributed by atoms with van der Waals surface area (Å²) in [7, 11) is 2.06. The molecule has 0 spiro atoms. The zero-order chi connectivity index (χ0) is 13.8. The number of hydrogen-bond acceptors (Lipinski definition) is 4. The number of aromatic carboxylic acids is 1. The van der Waals surface area contributed by atoms with E-state index in [1.54, 1.807) is 18.2 Å². The highest BCUT2D eigenvalue weighted by molar-refractivity contribution is 5.94. The third kappa shape index (κ3) is 2.96. The molecule has 0 radical (unpaired) electrons. The first-order valence-corrected chi connectivity index (χ1v) is 5.98. The Hall–Kier alpha value is -2.24. The second-order valence-electron chi connectivity index (χ2n) is 4.49. The van der Waals surface area contributed by atoms with E-state index in [2.05, 4.69) is 26.9 Å². The summed E-state index contributed by atoms with van der Waals surface area (Å²) >= 11 is 0. The van der Waals surface area contributed by atoms with Gasteiger partial charge in [0, 0.05) is 36.8 Å². The molecule has 1 aromatic rings. The Morgan fingerprint density at radius 2 is 2.05 bits per heavy atom. The molecule has 0 bridgehead atoms. The van der Waals surface area contributed by atoms with Crippen molar-refractivity contribution in [1.82, 2.24) is 4.90 Å². The topological polar surface area (TPSA) is 92.5 Å². The van der Waals surface area contributed by atoms with Crippen LogP contribution in [0, 0.1) is 0 Å². The third-order valence-corrected chi connectivity index (χ3v) is 3.23. The van der Waals surface area contributed by atoms with Crippen LogP contribution in [0.4, 0.5) is 11.4 Å². The molecule has 0 unspecified atom stereocenters. The minimum atomic E-state index is -1.08. The summed E-state index contributed by atoms with van der Waals surface area (Å²) in [6.45, 7) is 3.61. The Morgan fingerprint density at radius 1 is 1.37 bits per heavy atom. The zero-order valence-electron chi connectivity index (χ0n) is 10.7. The van der Waals surface area contributed by atoms with Gasteiger partial charge in [0.25, 0.3) is 0 Å². The fourth-order valence-corrected chi connectivity index (χ4v) is 2.09. The van der Waals surface area contributed by atoms with Gasteiger partial charge in [-0.05, 0) is 30.8 Å². The van der Waals surface area contributed by atoms with Crippen LogP contribution in [0.3, 0.4) is 0 Å². The average Bonchev–Trinajstić information content (AvgIpc) is 2.40. The number of hydrogen-bond donors (Lipinski definition) is 1. The second-order valence-corrected chi connectivity index (χ2v) is 4.49. The molecule has 2 rings (SSSR count). The van der Waals surface area contributed by atoms with E-state index in [1.165, 1.54) is 0 Å². The quantitative estimate of drug-likeness (QED) is 0.512. The number of carbonyl (C=O) groups is 1.